The average Bonchev–Trinajstić information content (AvgIpc) is 2.26. The standard InChI is InChI=1S/C12H25NO2/c1-4-14-9-10(2)15-12-7-5-6-11(8-12)13-3/h10-13H,4-9H2,1-3H3. The summed E-state index contributed by atoms with van der Waals surface area (Å²) in [6, 6.07) is 0.642. The Balaban J connectivity index is 2.19. The van der Waals surface area contributed by atoms with Gasteiger partial charge in [0.05, 0.1) is 18.8 Å². The normalized spacial score (nSPS) is 29.0. The van der Waals surface area contributed by atoms with E-state index in [0.29, 0.717) is 12.1 Å². The summed E-state index contributed by atoms with van der Waals surface area (Å²) in [5, 5.41) is 3.34. The molecule has 0 saturated heterocycles. The Morgan fingerprint density at radius 2 is 2.20 bits per heavy atom. The minimum Gasteiger partial charge on any atom is -0.379 e. The summed E-state index contributed by atoms with van der Waals surface area (Å²) < 4.78 is 11.3. The van der Waals surface area contributed by atoms with Gasteiger partial charge in [-0.15, -0.1) is 0 Å². The predicted molar refractivity (Wildman–Crippen MR) is 62.1 cm³/mol. The van der Waals surface area contributed by atoms with Crippen molar-refractivity contribution in [2.75, 3.05) is 20.3 Å². The highest BCUT2D eigenvalue weighted by molar-refractivity contribution is 4.77. The molecule has 90 valence electrons. The van der Waals surface area contributed by atoms with Crippen LogP contribution in [0.15, 0.2) is 0 Å². The van der Waals surface area contributed by atoms with E-state index in [0.717, 1.165) is 19.6 Å². The molecule has 0 bridgehead atoms. The molecular formula is C12H25NO2. The van der Waals surface area contributed by atoms with Gasteiger partial charge in [0.1, 0.15) is 0 Å². The zero-order valence-electron chi connectivity index (χ0n) is 10.3. The molecule has 1 fully saturated rings. The van der Waals surface area contributed by atoms with E-state index in [1.807, 2.05) is 14.0 Å². The van der Waals surface area contributed by atoms with Crippen LogP contribution in [0, 0.1) is 0 Å². The predicted octanol–water partition coefficient (Wildman–Crippen LogP) is 1.96. The summed E-state index contributed by atoms with van der Waals surface area (Å²) in [6.45, 7) is 5.61. The van der Waals surface area contributed by atoms with Crippen molar-refractivity contribution in [2.45, 2.75) is 57.8 Å². The molecule has 0 radical (unpaired) electrons. The molecule has 3 nitrogen and oxygen atoms in total. The molecule has 1 aliphatic rings. The van der Waals surface area contributed by atoms with Crippen LogP contribution in [-0.4, -0.2) is 38.5 Å². The van der Waals surface area contributed by atoms with Gasteiger partial charge in [-0.1, -0.05) is 0 Å². The zero-order chi connectivity index (χ0) is 11.1. The van der Waals surface area contributed by atoms with E-state index < -0.39 is 0 Å². The van der Waals surface area contributed by atoms with E-state index in [1.54, 1.807) is 0 Å². The molecule has 0 aromatic heterocycles. The van der Waals surface area contributed by atoms with Crippen LogP contribution >= 0.6 is 0 Å². The quantitative estimate of drug-likeness (QED) is 0.734. The molecular weight excluding hydrogens is 190 g/mol. The van der Waals surface area contributed by atoms with E-state index in [-0.39, 0.29) is 6.10 Å². The summed E-state index contributed by atoms with van der Waals surface area (Å²) in [7, 11) is 2.04. The maximum absolute atomic E-state index is 5.96. The van der Waals surface area contributed by atoms with Crippen molar-refractivity contribution < 1.29 is 9.47 Å². The van der Waals surface area contributed by atoms with E-state index in [9.17, 15) is 0 Å². The maximum Gasteiger partial charge on any atom is 0.0784 e. The number of nitrogens with one attached hydrogen (secondary N) is 1. The van der Waals surface area contributed by atoms with Crippen LogP contribution in [-0.2, 0) is 9.47 Å². The van der Waals surface area contributed by atoms with Crippen LogP contribution in [0.3, 0.4) is 0 Å². The van der Waals surface area contributed by atoms with Gasteiger partial charge >= 0.3 is 0 Å². The summed E-state index contributed by atoms with van der Waals surface area (Å²) >= 11 is 0. The van der Waals surface area contributed by atoms with Gasteiger partial charge in [-0.3, -0.25) is 0 Å². The maximum atomic E-state index is 5.96. The van der Waals surface area contributed by atoms with E-state index in [4.69, 9.17) is 9.47 Å². The fourth-order valence-electron chi connectivity index (χ4n) is 2.18. The smallest absolute Gasteiger partial charge is 0.0784 e. The molecule has 0 heterocycles. The Morgan fingerprint density at radius 3 is 2.87 bits per heavy atom. The minimum atomic E-state index is 0.227. The molecule has 3 heteroatoms. The molecule has 0 aromatic rings. The van der Waals surface area contributed by atoms with E-state index >= 15 is 0 Å². The van der Waals surface area contributed by atoms with E-state index in [2.05, 4.69) is 12.2 Å². The highest BCUT2D eigenvalue weighted by Crippen LogP contribution is 2.22. The van der Waals surface area contributed by atoms with Crippen LogP contribution in [0.4, 0.5) is 0 Å². The van der Waals surface area contributed by atoms with Gasteiger partial charge in [-0.05, 0) is 46.6 Å². The Hall–Kier alpha value is -0.120. The van der Waals surface area contributed by atoms with Gasteiger partial charge in [-0.25, -0.2) is 0 Å². The topological polar surface area (TPSA) is 30.5 Å². The average molecular weight is 215 g/mol. The second-order valence-corrected chi connectivity index (χ2v) is 4.38. The summed E-state index contributed by atoms with van der Waals surface area (Å²) in [5.41, 5.74) is 0. The first-order chi connectivity index (χ1) is 7.26. The Kier molecular flexibility index (Phi) is 6.22. The minimum absolute atomic E-state index is 0.227. The molecule has 0 spiro atoms. The largest absolute Gasteiger partial charge is 0.379 e. The molecule has 15 heavy (non-hydrogen) atoms. The van der Waals surface area contributed by atoms with Crippen molar-refractivity contribution in [3.63, 3.8) is 0 Å². The molecule has 1 rings (SSSR count). The fourth-order valence-corrected chi connectivity index (χ4v) is 2.18. The van der Waals surface area contributed by atoms with Crippen molar-refractivity contribution in [1.29, 1.82) is 0 Å². The third kappa shape index (κ3) is 4.96. The monoisotopic (exact) mass is 215 g/mol. The number of ether oxygens (including phenoxy) is 2. The van der Waals surface area contributed by atoms with Crippen LogP contribution in [0.25, 0.3) is 0 Å². The number of hydrogen-bond donors (Lipinski definition) is 1. The zero-order valence-corrected chi connectivity index (χ0v) is 10.3. The van der Waals surface area contributed by atoms with Crippen LogP contribution < -0.4 is 5.32 Å². The summed E-state index contributed by atoms with van der Waals surface area (Å²) in [6.07, 6.45) is 5.56. The van der Waals surface area contributed by atoms with Crippen molar-refractivity contribution in [1.82, 2.24) is 5.32 Å². The van der Waals surface area contributed by atoms with Gasteiger partial charge in [0.15, 0.2) is 0 Å². The third-order valence-electron chi connectivity index (χ3n) is 3.02. The Labute approximate surface area is 93.5 Å². The third-order valence-corrected chi connectivity index (χ3v) is 3.02. The lowest BCUT2D eigenvalue weighted by Crippen LogP contribution is -2.36. The Bertz CT molecular complexity index is 164. The Morgan fingerprint density at radius 1 is 1.40 bits per heavy atom. The highest BCUT2D eigenvalue weighted by Gasteiger charge is 2.22. The lowest BCUT2D eigenvalue weighted by Gasteiger charge is -2.30. The SMILES string of the molecule is CCOCC(C)OC1CCCC(NC)C1. The fraction of sp³-hybridized carbons (Fsp3) is 1.00. The lowest BCUT2D eigenvalue weighted by atomic mass is 9.93. The molecule has 0 aromatic carbocycles. The van der Waals surface area contributed by atoms with E-state index in [1.165, 1.54) is 19.3 Å². The second kappa shape index (κ2) is 7.20. The number of rotatable bonds is 6. The molecule has 0 amide bonds. The van der Waals surface area contributed by atoms with Crippen molar-refractivity contribution in [3.8, 4) is 0 Å². The van der Waals surface area contributed by atoms with Crippen molar-refractivity contribution in [2.24, 2.45) is 0 Å². The van der Waals surface area contributed by atoms with Gasteiger partial charge in [-0.2, -0.15) is 0 Å². The van der Waals surface area contributed by atoms with Crippen LogP contribution in [0.5, 0.6) is 0 Å². The first kappa shape index (κ1) is 12.9. The first-order valence-corrected chi connectivity index (χ1v) is 6.16. The van der Waals surface area contributed by atoms with Crippen LogP contribution in [0.1, 0.15) is 39.5 Å². The molecule has 1 N–H and O–H groups in total. The van der Waals surface area contributed by atoms with Gasteiger partial charge in [0, 0.05) is 12.6 Å². The van der Waals surface area contributed by atoms with Crippen molar-refractivity contribution in [3.05, 3.63) is 0 Å². The molecule has 0 aliphatic heterocycles. The molecule has 3 atom stereocenters. The van der Waals surface area contributed by atoms with Gasteiger partial charge < -0.3 is 14.8 Å². The van der Waals surface area contributed by atoms with Crippen molar-refractivity contribution >= 4 is 0 Å². The lowest BCUT2D eigenvalue weighted by molar-refractivity contribution is -0.0618. The second-order valence-electron chi connectivity index (χ2n) is 4.38. The van der Waals surface area contributed by atoms with Crippen LogP contribution in [0.2, 0.25) is 0 Å². The first-order valence-electron chi connectivity index (χ1n) is 6.16. The van der Waals surface area contributed by atoms with Gasteiger partial charge in [0.25, 0.3) is 0 Å². The number of hydrogen-bond acceptors (Lipinski definition) is 3. The molecule has 1 aliphatic carbocycles. The molecule has 1 saturated carbocycles. The summed E-state index contributed by atoms with van der Waals surface area (Å²) in [5.74, 6) is 0. The van der Waals surface area contributed by atoms with Gasteiger partial charge in [0.2, 0.25) is 0 Å². The molecule has 3 unspecified atom stereocenters. The highest BCUT2D eigenvalue weighted by atomic mass is 16.5. The summed E-state index contributed by atoms with van der Waals surface area (Å²) in [4.78, 5) is 0.